The zero-order chi connectivity index (χ0) is 35.1. The Balaban J connectivity index is 1.72. The van der Waals surface area contributed by atoms with Crippen LogP contribution in [-0.4, -0.2) is 104 Å². The van der Waals surface area contributed by atoms with Gasteiger partial charge in [0.2, 0.25) is 6.04 Å². The summed E-state index contributed by atoms with van der Waals surface area (Å²) in [5, 5.41) is 20.0. The molecule has 1 aliphatic heterocycles. The van der Waals surface area contributed by atoms with Gasteiger partial charge >= 0.3 is 6.03 Å². The highest BCUT2D eigenvalue weighted by Crippen LogP contribution is 2.19. The van der Waals surface area contributed by atoms with Crippen LogP contribution < -0.4 is 26.6 Å². The van der Waals surface area contributed by atoms with Gasteiger partial charge in [-0.25, -0.2) is 4.79 Å². The summed E-state index contributed by atoms with van der Waals surface area (Å²) in [6.07, 6.45) is 1.53. The monoisotopic (exact) mass is 663 g/mol. The van der Waals surface area contributed by atoms with Gasteiger partial charge in [0.15, 0.2) is 0 Å². The van der Waals surface area contributed by atoms with E-state index in [-0.39, 0.29) is 39.9 Å². The van der Waals surface area contributed by atoms with Crippen molar-refractivity contribution in [2.24, 2.45) is 10.2 Å². The molecular weight excluding hydrogens is 618 g/mol. The van der Waals surface area contributed by atoms with Gasteiger partial charge in [0.05, 0.1) is 5.69 Å². The van der Waals surface area contributed by atoms with Crippen molar-refractivity contribution in [2.75, 3.05) is 57.7 Å². The predicted octanol–water partition coefficient (Wildman–Crippen LogP) is 2.68. The molecule has 1 saturated heterocycles. The summed E-state index contributed by atoms with van der Waals surface area (Å²) in [7, 11) is 0. The average Bonchev–Trinajstić information content (AvgIpc) is 3.07. The molecule has 1 fully saturated rings. The third-order valence-electron chi connectivity index (χ3n) is 7.77. The molecule has 48 heavy (non-hydrogen) atoms. The zero-order valence-corrected chi connectivity index (χ0v) is 27.9. The lowest BCUT2D eigenvalue weighted by molar-refractivity contribution is -0.131. The molecule has 0 radical (unpaired) electrons. The molecule has 0 bridgehead atoms. The number of carbonyl (C=O) groups excluding carboxylic acids is 6. The van der Waals surface area contributed by atoms with Gasteiger partial charge in [-0.05, 0) is 94.6 Å². The third-order valence-corrected chi connectivity index (χ3v) is 7.77. The number of nitrogens with zero attached hydrogens (tertiary/aromatic N) is 4. The fourth-order valence-electron chi connectivity index (χ4n) is 4.88. The lowest BCUT2D eigenvalue weighted by Gasteiger charge is -2.18. The molecule has 15 heteroatoms. The molecule has 7 amide bonds. The quantitative estimate of drug-likeness (QED) is 0.0912. The molecule has 0 aliphatic carbocycles. The van der Waals surface area contributed by atoms with Crippen molar-refractivity contribution in [1.29, 1.82) is 0 Å². The van der Waals surface area contributed by atoms with Crippen molar-refractivity contribution < 1.29 is 28.8 Å². The van der Waals surface area contributed by atoms with Crippen molar-refractivity contribution in [3.8, 4) is 0 Å². The minimum absolute atomic E-state index is 0.233. The van der Waals surface area contributed by atoms with Crippen LogP contribution in [0.4, 0.5) is 16.2 Å². The van der Waals surface area contributed by atoms with Crippen LogP contribution >= 0.6 is 0 Å². The maximum absolute atomic E-state index is 13.2. The van der Waals surface area contributed by atoms with Gasteiger partial charge in [0.25, 0.3) is 29.5 Å². The highest BCUT2D eigenvalue weighted by Gasteiger charge is 2.34. The first-order valence-corrected chi connectivity index (χ1v) is 16.2. The zero-order valence-electron chi connectivity index (χ0n) is 27.9. The van der Waals surface area contributed by atoms with Crippen LogP contribution in [0.5, 0.6) is 0 Å². The number of amides is 7. The van der Waals surface area contributed by atoms with Crippen molar-refractivity contribution in [2.45, 2.75) is 46.6 Å². The number of barbiturate groups is 1. The number of carbonyl (C=O) groups is 6. The molecule has 1 heterocycles. The Morgan fingerprint density at radius 2 is 1.17 bits per heavy atom. The van der Waals surface area contributed by atoms with E-state index in [1.54, 1.807) is 0 Å². The molecule has 2 aromatic rings. The van der Waals surface area contributed by atoms with E-state index < -0.39 is 29.8 Å². The maximum atomic E-state index is 13.2. The van der Waals surface area contributed by atoms with Crippen molar-refractivity contribution in [3.63, 3.8) is 0 Å². The smallest absolute Gasteiger partial charge is 0.328 e. The second-order valence-corrected chi connectivity index (χ2v) is 11.0. The Labute approximate surface area is 280 Å². The highest BCUT2D eigenvalue weighted by atomic mass is 16.2. The van der Waals surface area contributed by atoms with E-state index in [1.807, 2.05) is 10.6 Å². The molecule has 2 aromatic carbocycles. The Kier molecular flexibility index (Phi) is 14.8. The second-order valence-electron chi connectivity index (χ2n) is 11.0. The van der Waals surface area contributed by atoms with Crippen LogP contribution in [0.1, 0.15) is 71.6 Å². The van der Waals surface area contributed by atoms with Crippen molar-refractivity contribution >= 4 is 46.9 Å². The van der Waals surface area contributed by atoms with Gasteiger partial charge in [-0.3, -0.25) is 34.6 Å². The first kappa shape index (κ1) is 37.4. The summed E-state index contributed by atoms with van der Waals surface area (Å²) >= 11 is 0. The fraction of sp³-hybridized carbons (Fsp3) is 0.455. The second kappa shape index (κ2) is 19.0. The third kappa shape index (κ3) is 11.3. The summed E-state index contributed by atoms with van der Waals surface area (Å²) in [6.45, 7) is 14.6. The number of imide groups is 2. The van der Waals surface area contributed by atoms with Gasteiger partial charge in [0, 0.05) is 35.5 Å². The first-order valence-electron chi connectivity index (χ1n) is 16.2. The fourth-order valence-corrected chi connectivity index (χ4v) is 4.88. The molecule has 0 unspecified atom stereocenters. The minimum atomic E-state index is -1.52. The number of rotatable bonds is 18. The molecular formula is C33H45N9O6. The van der Waals surface area contributed by atoms with E-state index in [0.29, 0.717) is 13.1 Å². The number of hydrogen-bond donors (Lipinski definition) is 5. The van der Waals surface area contributed by atoms with Gasteiger partial charge in [0.1, 0.15) is 0 Å². The molecule has 5 N–H and O–H groups in total. The van der Waals surface area contributed by atoms with Crippen LogP contribution in [0.2, 0.25) is 0 Å². The van der Waals surface area contributed by atoms with Crippen LogP contribution in [0.15, 0.2) is 52.7 Å². The minimum Gasteiger partial charge on any atom is -0.352 e. The van der Waals surface area contributed by atoms with E-state index in [2.05, 4.69) is 63.7 Å². The molecule has 0 atom stereocenters. The van der Waals surface area contributed by atoms with Crippen molar-refractivity contribution in [1.82, 2.24) is 31.1 Å². The summed E-state index contributed by atoms with van der Waals surface area (Å²) in [5.74, 6) is -3.02. The number of benzene rings is 2. The van der Waals surface area contributed by atoms with Crippen molar-refractivity contribution in [3.05, 3.63) is 59.2 Å². The molecule has 0 spiro atoms. The molecule has 0 aromatic heterocycles. The van der Waals surface area contributed by atoms with Gasteiger partial charge in [-0.15, -0.1) is 0 Å². The van der Waals surface area contributed by atoms with E-state index >= 15 is 0 Å². The molecule has 3 rings (SSSR count). The number of hydrogen-bond acceptors (Lipinski definition) is 10. The normalized spacial score (nSPS) is 13.5. The molecule has 258 valence electrons. The van der Waals surface area contributed by atoms with E-state index in [9.17, 15) is 28.8 Å². The summed E-state index contributed by atoms with van der Waals surface area (Å²) in [6, 6.07) is 7.94. The van der Waals surface area contributed by atoms with Crippen LogP contribution in [0.3, 0.4) is 0 Å². The lowest BCUT2D eigenvalue weighted by atomic mass is 10.1. The number of urea groups is 1. The Hall–Kier alpha value is -5.02. The standard InChI is InChI=1S/C33H45N9O6/c1-5-41(6-2)17-9-15-34-28(43)23-19-24(29(44)35-16-10-18-42(7-3)8-4)21-26(20-23)36-30(45)22-11-13-25(14-12-22)39-40-27-31(46)37-33(48)38-32(27)47/h11-14,19-21,27H,5-10,15-18H2,1-4H3,(H,34,43)(H,35,44)(H,36,45)(H2,37,38,46,47,48). The van der Waals surface area contributed by atoms with E-state index in [4.69, 9.17) is 0 Å². The van der Waals surface area contributed by atoms with E-state index in [0.717, 1.165) is 52.1 Å². The van der Waals surface area contributed by atoms with E-state index in [1.165, 1.54) is 42.5 Å². The SMILES string of the molecule is CCN(CC)CCCNC(=O)c1cc(NC(=O)c2ccc(N=NC3C(=O)NC(=O)NC3=O)cc2)cc(C(=O)NCCCN(CC)CC)c1. The van der Waals surface area contributed by atoms with Gasteiger partial charge in [-0.2, -0.15) is 10.2 Å². The Morgan fingerprint density at radius 1 is 0.688 bits per heavy atom. The first-order chi connectivity index (χ1) is 23.1. The highest BCUT2D eigenvalue weighted by molar-refractivity contribution is 6.19. The topological polar surface area (TPSA) is 194 Å². The molecule has 15 nitrogen and oxygen atoms in total. The van der Waals surface area contributed by atoms with Crippen LogP contribution in [-0.2, 0) is 9.59 Å². The van der Waals surface area contributed by atoms with Gasteiger partial charge < -0.3 is 25.8 Å². The average molecular weight is 664 g/mol. The molecule has 1 aliphatic rings. The summed E-state index contributed by atoms with van der Waals surface area (Å²) in [5.41, 5.74) is 1.22. The van der Waals surface area contributed by atoms with Gasteiger partial charge in [-0.1, -0.05) is 27.7 Å². The van der Waals surface area contributed by atoms with Crippen LogP contribution in [0.25, 0.3) is 0 Å². The maximum Gasteiger partial charge on any atom is 0.328 e. The summed E-state index contributed by atoms with van der Waals surface area (Å²) in [4.78, 5) is 78.9. The number of azo groups is 1. The Bertz CT molecular complexity index is 1420. The Morgan fingerprint density at radius 3 is 1.62 bits per heavy atom. The largest absolute Gasteiger partial charge is 0.352 e. The molecule has 0 saturated carbocycles. The predicted molar refractivity (Wildman–Crippen MR) is 180 cm³/mol. The number of nitrogens with one attached hydrogen (secondary N) is 5. The van der Waals surface area contributed by atoms with Crippen LogP contribution in [0, 0.1) is 0 Å². The summed E-state index contributed by atoms with van der Waals surface area (Å²) < 4.78 is 0. The number of anilines is 1. The lowest BCUT2D eigenvalue weighted by Crippen LogP contribution is -2.57.